The van der Waals surface area contributed by atoms with Crippen molar-refractivity contribution >= 4 is 23.2 Å². The summed E-state index contributed by atoms with van der Waals surface area (Å²) < 4.78 is 0. The van der Waals surface area contributed by atoms with Crippen molar-refractivity contribution in [1.29, 1.82) is 0 Å². The van der Waals surface area contributed by atoms with Crippen LogP contribution >= 0.6 is 23.2 Å². The van der Waals surface area contributed by atoms with Gasteiger partial charge in [-0.05, 0) is 17.7 Å². The summed E-state index contributed by atoms with van der Waals surface area (Å²) in [5, 5.41) is 18.2. The molecule has 0 amide bonds. The molecule has 0 bridgehead atoms. The van der Waals surface area contributed by atoms with Crippen molar-refractivity contribution < 1.29 is 10.2 Å². The molecule has 0 saturated carbocycles. The van der Waals surface area contributed by atoms with Crippen molar-refractivity contribution in [2.75, 3.05) is 6.61 Å². The van der Waals surface area contributed by atoms with Crippen molar-refractivity contribution in [3.63, 3.8) is 0 Å². The lowest BCUT2D eigenvalue weighted by atomic mass is 10.1. The van der Waals surface area contributed by atoms with Gasteiger partial charge >= 0.3 is 0 Å². The number of hydrogen-bond donors (Lipinski definition) is 3. The Labute approximate surface area is 85.7 Å². The third kappa shape index (κ3) is 2.25. The van der Waals surface area contributed by atoms with E-state index in [1.165, 1.54) is 12.1 Å². The monoisotopic (exact) mass is 221 g/mol. The first-order chi connectivity index (χ1) is 6.06. The number of phenolic OH excluding ortho intramolecular Hbond substituents is 1. The third-order valence-corrected chi connectivity index (χ3v) is 2.24. The molecule has 0 aliphatic rings. The fraction of sp³-hybridized carbons (Fsp3) is 0.250. The van der Waals surface area contributed by atoms with Crippen molar-refractivity contribution in [3.05, 3.63) is 27.7 Å². The summed E-state index contributed by atoms with van der Waals surface area (Å²) in [4.78, 5) is 0. The molecule has 1 aromatic carbocycles. The summed E-state index contributed by atoms with van der Waals surface area (Å²) in [5.74, 6) is -0.169. The summed E-state index contributed by atoms with van der Waals surface area (Å²) >= 11 is 11.3. The largest absolute Gasteiger partial charge is 0.505 e. The van der Waals surface area contributed by atoms with Crippen LogP contribution in [0.3, 0.4) is 0 Å². The van der Waals surface area contributed by atoms with Gasteiger partial charge < -0.3 is 15.9 Å². The first kappa shape index (κ1) is 10.6. The number of aliphatic hydroxyl groups is 1. The highest BCUT2D eigenvalue weighted by atomic mass is 35.5. The molecule has 0 fully saturated rings. The molecule has 1 rings (SSSR count). The Morgan fingerprint density at radius 1 is 1.31 bits per heavy atom. The van der Waals surface area contributed by atoms with E-state index in [-0.39, 0.29) is 22.4 Å². The molecule has 0 radical (unpaired) electrons. The number of nitrogens with two attached hydrogens (primary N) is 1. The van der Waals surface area contributed by atoms with Gasteiger partial charge in [-0.15, -0.1) is 0 Å². The molecular weight excluding hydrogens is 213 g/mol. The number of phenols is 1. The van der Waals surface area contributed by atoms with Gasteiger partial charge in [-0.25, -0.2) is 0 Å². The molecule has 13 heavy (non-hydrogen) atoms. The maximum absolute atomic E-state index is 9.22. The highest BCUT2D eigenvalue weighted by Gasteiger charge is 2.10. The second kappa shape index (κ2) is 4.15. The average molecular weight is 222 g/mol. The van der Waals surface area contributed by atoms with Gasteiger partial charge in [0.2, 0.25) is 0 Å². The third-order valence-electron chi connectivity index (χ3n) is 1.66. The van der Waals surface area contributed by atoms with Crippen LogP contribution in [-0.4, -0.2) is 16.8 Å². The zero-order valence-electron chi connectivity index (χ0n) is 6.67. The Balaban J connectivity index is 3.13. The minimum absolute atomic E-state index is 0.131. The van der Waals surface area contributed by atoms with Crippen LogP contribution in [0.2, 0.25) is 10.0 Å². The maximum atomic E-state index is 9.22. The van der Waals surface area contributed by atoms with Crippen LogP contribution in [0, 0.1) is 0 Å². The maximum Gasteiger partial charge on any atom is 0.152 e. The zero-order chi connectivity index (χ0) is 10.0. The molecule has 0 spiro atoms. The Bertz CT molecular complexity index is 294. The summed E-state index contributed by atoms with van der Waals surface area (Å²) in [5.41, 5.74) is 6.13. The number of aromatic hydroxyl groups is 1. The summed E-state index contributed by atoms with van der Waals surface area (Å²) in [6.45, 7) is -0.197. The molecule has 1 unspecified atom stereocenters. The highest BCUT2D eigenvalue weighted by molar-refractivity contribution is 6.37. The van der Waals surface area contributed by atoms with Gasteiger partial charge in [0.1, 0.15) is 0 Å². The molecule has 1 atom stereocenters. The van der Waals surface area contributed by atoms with E-state index in [9.17, 15) is 5.11 Å². The smallest absolute Gasteiger partial charge is 0.152 e. The van der Waals surface area contributed by atoms with Crippen molar-refractivity contribution in [3.8, 4) is 5.75 Å². The van der Waals surface area contributed by atoms with Crippen LogP contribution in [0.4, 0.5) is 0 Å². The summed E-state index contributed by atoms with van der Waals surface area (Å²) in [6, 6.07) is 2.42. The van der Waals surface area contributed by atoms with Gasteiger partial charge in [0.25, 0.3) is 0 Å². The predicted octanol–water partition coefficient (Wildman–Crippen LogP) is 1.69. The van der Waals surface area contributed by atoms with Crippen molar-refractivity contribution in [2.45, 2.75) is 6.04 Å². The highest BCUT2D eigenvalue weighted by Crippen LogP contribution is 2.33. The molecular formula is C8H9Cl2NO2. The van der Waals surface area contributed by atoms with Crippen LogP contribution in [0.1, 0.15) is 11.6 Å². The number of aliphatic hydroxyl groups excluding tert-OH is 1. The van der Waals surface area contributed by atoms with Crippen molar-refractivity contribution in [1.82, 2.24) is 0 Å². The van der Waals surface area contributed by atoms with Gasteiger partial charge in [-0.3, -0.25) is 0 Å². The topological polar surface area (TPSA) is 66.5 Å². The van der Waals surface area contributed by atoms with Crippen LogP contribution in [0.25, 0.3) is 0 Å². The molecule has 3 nitrogen and oxygen atoms in total. The zero-order valence-corrected chi connectivity index (χ0v) is 8.18. The number of halogens is 2. The number of hydrogen-bond acceptors (Lipinski definition) is 3. The Morgan fingerprint density at radius 3 is 2.15 bits per heavy atom. The van der Waals surface area contributed by atoms with E-state index < -0.39 is 6.04 Å². The van der Waals surface area contributed by atoms with E-state index in [1.54, 1.807) is 0 Å². The predicted molar refractivity (Wildman–Crippen MR) is 52.1 cm³/mol. The van der Waals surface area contributed by atoms with E-state index in [4.69, 9.17) is 34.0 Å². The molecule has 0 aliphatic carbocycles. The molecule has 5 heteroatoms. The van der Waals surface area contributed by atoms with E-state index in [2.05, 4.69) is 0 Å². The molecule has 1 aromatic rings. The summed E-state index contributed by atoms with van der Waals surface area (Å²) in [7, 11) is 0. The fourth-order valence-electron chi connectivity index (χ4n) is 0.905. The fourth-order valence-corrected chi connectivity index (χ4v) is 1.41. The van der Waals surface area contributed by atoms with Crippen molar-refractivity contribution in [2.24, 2.45) is 5.73 Å². The second-order valence-electron chi connectivity index (χ2n) is 2.62. The molecule has 0 saturated heterocycles. The first-order valence-electron chi connectivity index (χ1n) is 3.60. The van der Waals surface area contributed by atoms with Gasteiger partial charge in [0.05, 0.1) is 22.7 Å². The Morgan fingerprint density at radius 2 is 1.77 bits per heavy atom. The van der Waals surface area contributed by atoms with Crippen LogP contribution < -0.4 is 5.73 Å². The minimum Gasteiger partial charge on any atom is -0.505 e. The second-order valence-corrected chi connectivity index (χ2v) is 3.44. The van der Waals surface area contributed by atoms with E-state index in [0.717, 1.165) is 0 Å². The van der Waals surface area contributed by atoms with Crippen LogP contribution in [0.5, 0.6) is 5.75 Å². The van der Waals surface area contributed by atoms with Gasteiger partial charge in [0.15, 0.2) is 5.75 Å². The molecule has 72 valence electrons. The van der Waals surface area contributed by atoms with Crippen LogP contribution in [-0.2, 0) is 0 Å². The van der Waals surface area contributed by atoms with E-state index in [1.807, 2.05) is 0 Å². The quantitative estimate of drug-likeness (QED) is 0.713. The normalized spacial score (nSPS) is 12.9. The number of benzene rings is 1. The van der Waals surface area contributed by atoms with Gasteiger partial charge in [0, 0.05) is 0 Å². The molecule has 4 N–H and O–H groups in total. The lowest BCUT2D eigenvalue weighted by Gasteiger charge is -2.10. The van der Waals surface area contributed by atoms with E-state index in [0.29, 0.717) is 5.56 Å². The Kier molecular flexibility index (Phi) is 3.39. The standard InChI is InChI=1S/C8H9Cl2NO2/c9-5-1-4(7(11)3-12)2-6(10)8(5)13/h1-2,7,12-13H,3,11H2. The lowest BCUT2D eigenvalue weighted by Crippen LogP contribution is -2.14. The average Bonchev–Trinajstić information content (AvgIpc) is 2.12. The lowest BCUT2D eigenvalue weighted by molar-refractivity contribution is 0.268. The number of rotatable bonds is 2. The first-order valence-corrected chi connectivity index (χ1v) is 4.36. The van der Waals surface area contributed by atoms with Gasteiger partial charge in [-0.2, -0.15) is 0 Å². The van der Waals surface area contributed by atoms with Crippen LogP contribution in [0.15, 0.2) is 12.1 Å². The Hall–Kier alpha value is -0.480. The van der Waals surface area contributed by atoms with Gasteiger partial charge in [-0.1, -0.05) is 23.2 Å². The minimum atomic E-state index is -0.532. The summed E-state index contributed by atoms with van der Waals surface area (Å²) in [6.07, 6.45) is 0. The molecule has 0 aromatic heterocycles. The molecule has 0 heterocycles. The SMILES string of the molecule is NC(CO)c1cc(Cl)c(O)c(Cl)c1. The molecule has 0 aliphatic heterocycles. The van der Waals surface area contributed by atoms with E-state index >= 15 is 0 Å².